The number of carbonyl (C=O) groups is 2. The van der Waals surface area contributed by atoms with Gasteiger partial charge in [0, 0.05) is 10.4 Å². The first-order chi connectivity index (χ1) is 8.58. The maximum absolute atomic E-state index is 11.7. The molecule has 0 saturated heterocycles. The molecule has 2 rings (SSSR count). The zero-order valence-corrected chi connectivity index (χ0v) is 10.9. The van der Waals surface area contributed by atoms with Crippen molar-refractivity contribution in [3.8, 4) is 0 Å². The lowest BCUT2D eigenvalue weighted by molar-refractivity contribution is 0.0518. The van der Waals surface area contributed by atoms with Gasteiger partial charge in [-0.3, -0.25) is 4.79 Å². The van der Waals surface area contributed by atoms with E-state index in [-0.39, 0.29) is 17.9 Å². The highest BCUT2D eigenvalue weighted by Crippen LogP contribution is 2.31. The van der Waals surface area contributed by atoms with E-state index >= 15 is 0 Å². The first kappa shape index (κ1) is 12.9. The van der Waals surface area contributed by atoms with Crippen molar-refractivity contribution in [3.63, 3.8) is 0 Å². The second-order valence-electron chi connectivity index (χ2n) is 3.56. The first-order valence-corrected chi connectivity index (χ1v) is 5.97. The normalized spacial score (nSPS) is 10.6. The van der Waals surface area contributed by atoms with Crippen molar-refractivity contribution in [1.82, 2.24) is 4.98 Å². The Bertz CT molecular complexity index is 634. The fraction of sp³-hybridized carbons (Fsp3) is 0.167. The third kappa shape index (κ3) is 2.09. The van der Waals surface area contributed by atoms with E-state index in [4.69, 9.17) is 27.9 Å². The Kier molecular flexibility index (Phi) is 3.59. The third-order valence-electron chi connectivity index (χ3n) is 2.46. The minimum atomic E-state index is -0.594. The number of hydrogen-bond acceptors (Lipinski definition) is 3. The van der Waals surface area contributed by atoms with Crippen LogP contribution in [-0.2, 0) is 4.74 Å². The molecule has 0 aliphatic carbocycles. The molecule has 0 unspecified atom stereocenters. The van der Waals surface area contributed by atoms with E-state index in [1.165, 1.54) is 6.07 Å². The standard InChI is InChI=1S/C12H9Cl2NO3/c1-2-18-12(17)11-8(5-16)7-3-6(13)4-9(14)10(7)15-11/h3-5,15H,2H2,1H3. The van der Waals surface area contributed by atoms with Crippen LogP contribution in [0.4, 0.5) is 0 Å². The quantitative estimate of drug-likeness (QED) is 0.694. The molecule has 6 heteroatoms. The van der Waals surface area contributed by atoms with Crippen LogP contribution in [0, 0.1) is 0 Å². The third-order valence-corrected chi connectivity index (χ3v) is 2.98. The molecule has 0 bridgehead atoms. The van der Waals surface area contributed by atoms with E-state index in [1.54, 1.807) is 13.0 Å². The van der Waals surface area contributed by atoms with Crippen LogP contribution < -0.4 is 0 Å². The molecule has 94 valence electrons. The number of rotatable bonds is 3. The van der Waals surface area contributed by atoms with Crippen molar-refractivity contribution in [2.45, 2.75) is 6.92 Å². The summed E-state index contributed by atoms with van der Waals surface area (Å²) in [6.45, 7) is 1.91. The predicted octanol–water partition coefficient (Wildman–Crippen LogP) is 3.46. The second kappa shape index (κ2) is 5.00. The summed E-state index contributed by atoms with van der Waals surface area (Å²) >= 11 is 11.9. The Morgan fingerprint density at radius 3 is 2.78 bits per heavy atom. The van der Waals surface area contributed by atoms with Gasteiger partial charge < -0.3 is 9.72 Å². The molecular formula is C12H9Cl2NO3. The first-order valence-electron chi connectivity index (χ1n) is 5.21. The van der Waals surface area contributed by atoms with Crippen LogP contribution in [-0.4, -0.2) is 23.8 Å². The molecule has 1 aromatic carbocycles. The maximum atomic E-state index is 11.7. The van der Waals surface area contributed by atoms with Crippen molar-refractivity contribution in [2.24, 2.45) is 0 Å². The molecule has 0 radical (unpaired) electrons. The van der Waals surface area contributed by atoms with Gasteiger partial charge >= 0.3 is 5.97 Å². The number of hydrogen-bond donors (Lipinski definition) is 1. The molecule has 0 fully saturated rings. The van der Waals surface area contributed by atoms with E-state index in [2.05, 4.69) is 4.98 Å². The monoisotopic (exact) mass is 285 g/mol. The zero-order chi connectivity index (χ0) is 13.3. The van der Waals surface area contributed by atoms with Crippen molar-refractivity contribution in [1.29, 1.82) is 0 Å². The molecular weight excluding hydrogens is 277 g/mol. The predicted molar refractivity (Wildman–Crippen MR) is 69.7 cm³/mol. The Labute approximate surface area is 113 Å². The van der Waals surface area contributed by atoms with Gasteiger partial charge in [0.15, 0.2) is 6.29 Å². The topological polar surface area (TPSA) is 59.2 Å². The molecule has 0 saturated carbocycles. The van der Waals surface area contributed by atoms with Crippen LogP contribution in [0.2, 0.25) is 10.0 Å². The number of fused-ring (bicyclic) bond motifs is 1. The number of aromatic amines is 1. The van der Waals surface area contributed by atoms with E-state index in [9.17, 15) is 9.59 Å². The van der Waals surface area contributed by atoms with Gasteiger partial charge in [0.2, 0.25) is 0 Å². The molecule has 18 heavy (non-hydrogen) atoms. The van der Waals surface area contributed by atoms with E-state index in [0.717, 1.165) is 0 Å². The number of benzene rings is 1. The minimum Gasteiger partial charge on any atom is -0.461 e. The molecule has 1 N–H and O–H groups in total. The molecule has 0 amide bonds. The summed E-state index contributed by atoms with van der Waals surface area (Å²) in [7, 11) is 0. The lowest BCUT2D eigenvalue weighted by Gasteiger charge is -1.99. The van der Waals surface area contributed by atoms with Crippen LogP contribution in [0.15, 0.2) is 12.1 Å². The fourth-order valence-electron chi connectivity index (χ4n) is 1.73. The molecule has 2 aromatic rings. The lowest BCUT2D eigenvalue weighted by Crippen LogP contribution is -2.07. The molecule has 1 heterocycles. The highest BCUT2D eigenvalue weighted by molar-refractivity contribution is 6.39. The van der Waals surface area contributed by atoms with Crippen molar-refractivity contribution >= 4 is 46.4 Å². The SMILES string of the molecule is CCOC(=O)c1[nH]c2c(Cl)cc(Cl)cc2c1C=O. The summed E-state index contributed by atoms with van der Waals surface area (Å²) in [5, 5.41) is 1.24. The number of carbonyl (C=O) groups excluding carboxylic acids is 2. The number of esters is 1. The Morgan fingerprint density at radius 2 is 2.17 bits per heavy atom. The lowest BCUT2D eigenvalue weighted by atomic mass is 10.1. The average Bonchev–Trinajstić information content (AvgIpc) is 2.68. The van der Waals surface area contributed by atoms with Gasteiger partial charge in [-0.1, -0.05) is 23.2 Å². The Morgan fingerprint density at radius 1 is 1.44 bits per heavy atom. The second-order valence-corrected chi connectivity index (χ2v) is 4.41. The van der Waals surface area contributed by atoms with Gasteiger partial charge in [-0.05, 0) is 19.1 Å². The van der Waals surface area contributed by atoms with Gasteiger partial charge in [-0.25, -0.2) is 4.79 Å². The molecule has 0 atom stereocenters. The Balaban J connectivity index is 2.72. The van der Waals surface area contributed by atoms with Crippen LogP contribution in [0.5, 0.6) is 0 Å². The van der Waals surface area contributed by atoms with Crippen molar-refractivity contribution in [2.75, 3.05) is 6.61 Å². The molecule has 1 aromatic heterocycles. The fourth-order valence-corrected chi connectivity index (χ4v) is 2.27. The van der Waals surface area contributed by atoms with Crippen molar-refractivity contribution in [3.05, 3.63) is 33.4 Å². The van der Waals surface area contributed by atoms with Crippen molar-refractivity contribution < 1.29 is 14.3 Å². The van der Waals surface area contributed by atoms with E-state index in [1.807, 2.05) is 0 Å². The molecule has 0 spiro atoms. The molecule has 4 nitrogen and oxygen atoms in total. The summed E-state index contributed by atoms with van der Waals surface area (Å²) in [5.41, 5.74) is 0.782. The van der Waals surface area contributed by atoms with Gasteiger partial charge in [0.1, 0.15) is 5.69 Å². The summed E-state index contributed by atoms with van der Waals surface area (Å²) < 4.78 is 4.86. The number of nitrogens with one attached hydrogen (secondary N) is 1. The van der Waals surface area contributed by atoms with Crippen LogP contribution >= 0.6 is 23.2 Å². The number of halogens is 2. The average molecular weight is 286 g/mol. The van der Waals surface area contributed by atoms with Crippen LogP contribution in [0.1, 0.15) is 27.8 Å². The summed E-state index contributed by atoms with van der Waals surface area (Å²) in [4.78, 5) is 25.6. The summed E-state index contributed by atoms with van der Waals surface area (Å²) in [6.07, 6.45) is 0.581. The molecule has 0 aliphatic rings. The van der Waals surface area contributed by atoms with Gasteiger partial charge in [-0.2, -0.15) is 0 Å². The largest absolute Gasteiger partial charge is 0.461 e. The molecule has 0 aliphatic heterocycles. The maximum Gasteiger partial charge on any atom is 0.355 e. The van der Waals surface area contributed by atoms with Crippen LogP contribution in [0.25, 0.3) is 10.9 Å². The van der Waals surface area contributed by atoms with Crippen LogP contribution in [0.3, 0.4) is 0 Å². The van der Waals surface area contributed by atoms with Gasteiger partial charge in [-0.15, -0.1) is 0 Å². The summed E-state index contributed by atoms with van der Waals surface area (Å²) in [6, 6.07) is 3.11. The highest BCUT2D eigenvalue weighted by atomic mass is 35.5. The number of ether oxygens (including phenoxy) is 1. The summed E-state index contributed by atoms with van der Waals surface area (Å²) in [5.74, 6) is -0.594. The number of aldehydes is 1. The van der Waals surface area contributed by atoms with Gasteiger partial charge in [0.05, 0.1) is 22.7 Å². The smallest absolute Gasteiger partial charge is 0.355 e. The van der Waals surface area contributed by atoms with Gasteiger partial charge in [0.25, 0.3) is 0 Å². The number of aromatic nitrogens is 1. The highest BCUT2D eigenvalue weighted by Gasteiger charge is 2.20. The minimum absolute atomic E-state index is 0.0889. The van der Waals surface area contributed by atoms with E-state index in [0.29, 0.717) is 27.2 Å². The number of H-pyrrole nitrogens is 1. The van der Waals surface area contributed by atoms with E-state index < -0.39 is 5.97 Å². The Hall–Kier alpha value is -1.52. The zero-order valence-electron chi connectivity index (χ0n) is 9.42.